The van der Waals surface area contributed by atoms with Crippen molar-refractivity contribution in [2.75, 3.05) is 6.61 Å². The third-order valence-corrected chi connectivity index (χ3v) is 4.19. The van der Waals surface area contributed by atoms with Gasteiger partial charge in [-0.05, 0) is 18.9 Å². The zero-order valence-corrected chi connectivity index (χ0v) is 13.1. The van der Waals surface area contributed by atoms with Gasteiger partial charge in [0, 0.05) is 24.7 Å². The number of hydrogen-bond donors (Lipinski definition) is 0. The van der Waals surface area contributed by atoms with E-state index in [-0.39, 0.29) is 34.2 Å². The monoisotopic (exact) mass is 340 g/mol. The first kappa shape index (κ1) is 15.8. The van der Waals surface area contributed by atoms with Gasteiger partial charge in [0.05, 0.1) is 5.56 Å². The van der Waals surface area contributed by atoms with Crippen LogP contribution >= 0.6 is 11.6 Å². The highest BCUT2D eigenvalue weighted by molar-refractivity contribution is 6.32. The second kappa shape index (κ2) is 6.20. The number of halogens is 3. The van der Waals surface area contributed by atoms with E-state index in [1.807, 2.05) is 0 Å². The van der Waals surface area contributed by atoms with Crippen molar-refractivity contribution >= 4 is 11.6 Å². The van der Waals surface area contributed by atoms with Crippen molar-refractivity contribution < 1.29 is 13.5 Å². The number of fused-ring (bicyclic) bond motifs is 1. The molecule has 0 spiro atoms. The van der Waals surface area contributed by atoms with E-state index in [0.29, 0.717) is 19.2 Å². The van der Waals surface area contributed by atoms with Crippen LogP contribution < -0.4 is 10.3 Å². The minimum atomic E-state index is -0.851. The van der Waals surface area contributed by atoms with Gasteiger partial charge in [-0.25, -0.2) is 13.5 Å². The largest absolute Gasteiger partial charge is 0.486 e. The third-order valence-electron chi connectivity index (χ3n) is 3.81. The number of ether oxygens (including phenoxy) is 1. The first-order chi connectivity index (χ1) is 11.0. The molecule has 0 amide bonds. The molecule has 2 heterocycles. The minimum absolute atomic E-state index is 0.0366. The zero-order valence-electron chi connectivity index (χ0n) is 12.3. The maximum absolute atomic E-state index is 14.2. The third kappa shape index (κ3) is 2.67. The topological polar surface area (TPSA) is 36.2 Å². The molecule has 1 aliphatic rings. The molecule has 0 fully saturated rings. The first-order valence-corrected chi connectivity index (χ1v) is 7.64. The summed E-state index contributed by atoms with van der Waals surface area (Å²) in [6, 6.07) is 1.87. The van der Waals surface area contributed by atoms with Gasteiger partial charge in [-0.3, -0.25) is 9.48 Å². The fraction of sp³-hybridized carbons (Fsp3) is 0.312. The van der Waals surface area contributed by atoms with Crippen molar-refractivity contribution in [3.63, 3.8) is 0 Å². The van der Waals surface area contributed by atoms with Crippen molar-refractivity contribution in [2.24, 2.45) is 0 Å². The Balaban J connectivity index is 2.17. The Morgan fingerprint density at radius 3 is 2.57 bits per heavy atom. The van der Waals surface area contributed by atoms with E-state index in [1.165, 1.54) is 16.8 Å². The van der Waals surface area contributed by atoms with Crippen molar-refractivity contribution in [3.8, 4) is 16.9 Å². The predicted octanol–water partition coefficient (Wildman–Crippen LogP) is 3.61. The first-order valence-electron chi connectivity index (χ1n) is 7.26. The normalized spacial score (nSPS) is 13.7. The number of hydrogen-bond acceptors (Lipinski definition) is 2. The fourth-order valence-electron chi connectivity index (χ4n) is 2.73. The van der Waals surface area contributed by atoms with Crippen molar-refractivity contribution in [2.45, 2.75) is 25.9 Å². The lowest BCUT2D eigenvalue weighted by Crippen LogP contribution is -2.27. The molecule has 1 aliphatic heterocycles. The molecule has 0 unspecified atom stereocenters. The summed E-state index contributed by atoms with van der Waals surface area (Å²) in [6.45, 7) is 4.67. The molecule has 4 nitrogen and oxygen atoms in total. The van der Waals surface area contributed by atoms with Crippen LogP contribution in [0.4, 0.5) is 8.78 Å². The Kier molecular flexibility index (Phi) is 4.26. The van der Waals surface area contributed by atoms with Gasteiger partial charge in [-0.2, -0.15) is 0 Å². The molecule has 23 heavy (non-hydrogen) atoms. The smallest absolute Gasteiger partial charge is 0.276 e. The molecular formula is C16H15ClF2N2O2. The zero-order chi connectivity index (χ0) is 16.6. The van der Waals surface area contributed by atoms with Crippen LogP contribution in [0.25, 0.3) is 11.1 Å². The lowest BCUT2D eigenvalue weighted by molar-refractivity contribution is 0.340. The average molecular weight is 341 g/mol. The summed E-state index contributed by atoms with van der Waals surface area (Å²) >= 11 is 6.28. The quantitative estimate of drug-likeness (QED) is 0.797. The van der Waals surface area contributed by atoms with E-state index in [9.17, 15) is 13.6 Å². The molecule has 0 aliphatic carbocycles. The van der Waals surface area contributed by atoms with Gasteiger partial charge in [-0.1, -0.05) is 24.3 Å². The van der Waals surface area contributed by atoms with E-state index in [4.69, 9.17) is 16.3 Å². The van der Waals surface area contributed by atoms with E-state index in [1.54, 1.807) is 4.68 Å². The van der Waals surface area contributed by atoms with Gasteiger partial charge >= 0.3 is 0 Å². The van der Waals surface area contributed by atoms with E-state index >= 15 is 0 Å². The summed E-state index contributed by atoms with van der Waals surface area (Å²) < 4.78 is 36.3. The van der Waals surface area contributed by atoms with Crippen molar-refractivity contribution in [3.05, 3.63) is 51.9 Å². The van der Waals surface area contributed by atoms with Gasteiger partial charge in [0.25, 0.3) is 5.56 Å². The SMILES string of the molecule is C=CCOc1cc(-c2c(Cl)n3n(c2=O)CCCC3)c(F)cc1F. The molecule has 3 rings (SSSR count). The summed E-state index contributed by atoms with van der Waals surface area (Å²) in [5, 5.41) is 0.162. The molecule has 0 saturated carbocycles. The highest BCUT2D eigenvalue weighted by atomic mass is 35.5. The molecule has 0 saturated heterocycles. The molecule has 122 valence electrons. The van der Waals surface area contributed by atoms with Crippen LogP contribution in [0.5, 0.6) is 5.75 Å². The standard InChI is InChI=1S/C16H15ClF2N2O2/c1-2-7-23-13-8-10(11(18)9-12(13)19)14-15(17)20-5-3-4-6-21(20)16(14)22/h2,8-9H,1,3-7H2. The summed E-state index contributed by atoms with van der Waals surface area (Å²) in [7, 11) is 0. The highest BCUT2D eigenvalue weighted by Crippen LogP contribution is 2.33. The van der Waals surface area contributed by atoms with Crippen LogP contribution in [0.3, 0.4) is 0 Å². The van der Waals surface area contributed by atoms with E-state index in [0.717, 1.165) is 12.8 Å². The molecule has 7 heteroatoms. The van der Waals surface area contributed by atoms with Gasteiger partial charge in [0.1, 0.15) is 17.6 Å². The summed E-state index contributed by atoms with van der Waals surface area (Å²) in [5.41, 5.74) is -0.403. The van der Waals surface area contributed by atoms with Crippen LogP contribution in [0.2, 0.25) is 5.15 Å². The molecule has 1 aromatic carbocycles. The summed E-state index contributed by atoms with van der Waals surface area (Å²) in [6.07, 6.45) is 3.20. The second-order valence-electron chi connectivity index (χ2n) is 5.29. The Bertz CT molecular complexity index is 826. The summed E-state index contributed by atoms with van der Waals surface area (Å²) in [5.74, 6) is -1.84. The molecule has 0 N–H and O–H groups in total. The van der Waals surface area contributed by atoms with Crippen LogP contribution in [0.1, 0.15) is 12.8 Å². The Labute approximate surface area is 136 Å². The highest BCUT2D eigenvalue weighted by Gasteiger charge is 2.25. The summed E-state index contributed by atoms with van der Waals surface area (Å²) in [4.78, 5) is 12.5. The molecule has 0 bridgehead atoms. The Morgan fingerprint density at radius 1 is 1.22 bits per heavy atom. The number of benzene rings is 1. The van der Waals surface area contributed by atoms with Crippen molar-refractivity contribution in [1.29, 1.82) is 0 Å². The molecule has 0 radical (unpaired) electrons. The van der Waals surface area contributed by atoms with Crippen LogP contribution in [0.15, 0.2) is 29.6 Å². The van der Waals surface area contributed by atoms with Crippen LogP contribution in [-0.2, 0) is 13.1 Å². The lowest BCUT2D eigenvalue weighted by Gasteiger charge is -2.17. The number of nitrogens with zero attached hydrogens (tertiary/aromatic N) is 2. The fourth-order valence-corrected chi connectivity index (χ4v) is 3.09. The average Bonchev–Trinajstić information content (AvgIpc) is 2.79. The van der Waals surface area contributed by atoms with Gasteiger partial charge in [0.15, 0.2) is 11.6 Å². The predicted molar refractivity (Wildman–Crippen MR) is 84.0 cm³/mol. The van der Waals surface area contributed by atoms with Crippen molar-refractivity contribution in [1.82, 2.24) is 9.36 Å². The van der Waals surface area contributed by atoms with E-state index in [2.05, 4.69) is 6.58 Å². The molecule has 0 atom stereocenters. The minimum Gasteiger partial charge on any atom is -0.486 e. The Morgan fingerprint density at radius 2 is 1.91 bits per heavy atom. The Hall–Kier alpha value is -2.08. The molecular weight excluding hydrogens is 326 g/mol. The number of aromatic nitrogens is 2. The van der Waals surface area contributed by atoms with Crippen LogP contribution in [0, 0.1) is 11.6 Å². The van der Waals surface area contributed by atoms with Gasteiger partial charge < -0.3 is 4.74 Å². The van der Waals surface area contributed by atoms with E-state index < -0.39 is 11.6 Å². The molecule has 2 aromatic rings. The van der Waals surface area contributed by atoms with Crippen LogP contribution in [-0.4, -0.2) is 16.0 Å². The maximum Gasteiger partial charge on any atom is 0.276 e. The van der Waals surface area contributed by atoms with Gasteiger partial charge in [-0.15, -0.1) is 0 Å². The number of rotatable bonds is 4. The molecule has 1 aromatic heterocycles. The van der Waals surface area contributed by atoms with Gasteiger partial charge in [0.2, 0.25) is 0 Å². The lowest BCUT2D eigenvalue weighted by atomic mass is 10.1. The maximum atomic E-state index is 14.2. The second-order valence-corrected chi connectivity index (χ2v) is 5.64.